The molecule has 14 heavy (non-hydrogen) atoms. The Morgan fingerprint density at radius 1 is 1.43 bits per heavy atom. The van der Waals surface area contributed by atoms with Crippen LogP contribution in [0.1, 0.15) is 0 Å². The van der Waals surface area contributed by atoms with E-state index in [1.165, 1.54) is 7.11 Å². The van der Waals surface area contributed by atoms with Crippen LogP contribution in [0, 0.1) is 0 Å². The second-order valence-corrected chi connectivity index (χ2v) is 3.78. The summed E-state index contributed by atoms with van der Waals surface area (Å²) in [5.74, 6) is -0.0603. The van der Waals surface area contributed by atoms with Crippen molar-refractivity contribution in [3.8, 4) is 0 Å². The van der Waals surface area contributed by atoms with Crippen LogP contribution in [0.25, 0.3) is 0 Å². The molecule has 0 unspecified atom stereocenters. The van der Waals surface area contributed by atoms with E-state index in [0.29, 0.717) is 0 Å². The van der Waals surface area contributed by atoms with Gasteiger partial charge in [0.05, 0.1) is 0 Å². The molecule has 0 aliphatic rings. The van der Waals surface area contributed by atoms with Gasteiger partial charge in [0.1, 0.15) is 6.61 Å². The third kappa shape index (κ3) is 2.82. The van der Waals surface area contributed by atoms with Crippen LogP contribution >= 0.6 is 15.9 Å². The highest BCUT2D eigenvalue weighted by atomic mass is 79.9. The molecule has 0 atom stereocenters. The summed E-state index contributed by atoms with van der Waals surface area (Å²) >= 11 is 3.33. The number of hydrogen-bond acceptors (Lipinski definition) is 2. The first-order valence-electron chi connectivity index (χ1n) is 4.16. The number of rotatable bonds is 3. The van der Waals surface area contributed by atoms with E-state index >= 15 is 0 Å². The average molecular weight is 258 g/mol. The van der Waals surface area contributed by atoms with Gasteiger partial charge in [0.15, 0.2) is 0 Å². The van der Waals surface area contributed by atoms with Crippen molar-refractivity contribution in [1.82, 2.24) is 0 Å². The van der Waals surface area contributed by atoms with Gasteiger partial charge in [-0.15, -0.1) is 0 Å². The molecule has 1 aromatic carbocycles. The minimum atomic E-state index is -0.0603. The van der Waals surface area contributed by atoms with Gasteiger partial charge in [-0.2, -0.15) is 0 Å². The van der Waals surface area contributed by atoms with Gasteiger partial charge in [0.2, 0.25) is 0 Å². The Bertz CT molecular complexity index is 310. The second kappa shape index (κ2) is 5.12. The first-order valence-corrected chi connectivity index (χ1v) is 4.95. The predicted molar refractivity (Wildman–Crippen MR) is 59.4 cm³/mol. The maximum Gasteiger partial charge on any atom is 0.252 e. The van der Waals surface area contributed by atoms with Gasteiger partial charge in [0.25, 0.3) is 5.91 Å². The highest BCUT2D eigenvalue weighted by Crippen LogP contribution is 2.17. The largest absolute Gasteiger partial charge is 0.375 e. The Morgan fingerprint density at radius 2 is 2.00 bits per heavy atom. The van der Waals surface area contributed by atoms with Crippen LogP contribution in [0.3, 0.4) is 0 Å². The predicted octanol–water partition coefficient (Wildman–Crippen LogP) is 2.06. The summed E-state index contributed by atoms with van der Waals surface area (Å²) in [6.07, 6.45) is 0. The molecule has 4 heteroatoms. The van der Waals surface area contributed by atoms with Crippen molar-refractivity contribution in [1.29, 1.82) is 0 Å². The molecule has 0 aliphatic carbocycles. The zero-order valence-corrected chi connectivity index (χ0v) is 9.74. The van der Waals surface area contributed by atoms with E-state index in [-0.39, 0.29) is 12.5 Å². The smallest absolute Gasteiger partial charge is 0.252 e. The molecule has 1 rings (SSSR count). The number of carbonyl (C=O) groups is 1. The summed E-state index contributed by atoms with van der Waals surface area (Å²) < 4.78 is 5.76. The maximum absolute atomic E-state index is 11.4. The standard InChI is InChI=1S/C10H12BrNO2/c1-12(10(13)7-14-2)9-5-3-8(11)4-6-9/h3-6H,7H2,1-2H3. The Kier molecular flexibility index (Phi) is 4.10. The zero-order valence-electron chi connectivity index (χ0n) is 8.16. The lowest BCUT2D eigenvalue weighted by Gasteiger charge is -2.16. The van der Waals surface area contributed by atoms with Crippen molar-refractivity contribution in [3.05, 3.63) is 28.7 Å². The fourth-order valence-electron chi connectivity index (χ4n) is 1.03. The molecule has 0 aromatic heterocycles. The summed E-state index contributed by atoms with van der Waals surface area (Å²) in [5.41, 5.74) is 0.857. The molecule has 0 radical (unpaired) electrons. The SMILES string of the molecule is COCC(=O)N(C)c1ccc(Br)cc1. The fourth-order valence-corrected chi connectivity index (χ4v) is 1.29. The van der Waals surface area contributed by atoms with Crippen molar-refractivity contribution in [2.24, 2.45) is 0 Å². The van der Waals surface area contributed by atoms with E-state index in [2.05, 4.69) is 15.9 Å². The van der Waals surface area contributed by atoms with Crippen LogP contribution in [-0.4, -0.2) is 26.7 Å². The summed E-state index contributed by atoms with van der Waals surface area (Å²) in [7, 11) is 3.23. The number of anilines is 1. The lowest BCUT2D eigenvalue weighted by atomic mass is 10.3. The van der Waals surface area contributed by atoms with E-state index in [1.807, 2.05) is 24.3 Å². The fraction of sp³-hybridized carbons (Fsp3) is 0.300. The molecule has 0 spiro atoms. The minimum absolute atomic E-state index is 0.0603. The summed E-state index contributed by atoms with van der Waals surface area (Å²) in [5, 5.41) is 0. The normalized spacial score (nSPS) is 9.93. The molecule has 0 N–H and O–H groups in total. The Hall–Kier alpha value is -0.870. The number of halogens is 1. The first kappa shape index (κ1) is 11.2. The molecule has 0 saturated carbocycles. The van der Waals surface area contributed by atoms with Gasteiger partial charge in [-0.1, -0.05) is 15.9 Å². The van der Waals surface area contributed by atoms with Crippen molar-refractivity contribution in [2.75, 3.05) is 25.7 Å². The summed E-state index contributed by atoms with van der Waals surface area (Å²) in [6, 6.07) is 7.53. The Balaban J connectivity index is 2.73. The number of ether oxygens (including phenoxy) is 1. The number of amides is 1. The van der Waals surface area contributed by atoms with Crippen LogP contribution in [0.2, 0.25) is 0 Å². The zero-order chi connectivity index (χ0) is 10.6. The molecular weight excluding hydrogens is 246 g/mol. The monoisotopic (exact) mass is 257 g/mol. The first-order chi connectivity index (χ1) is 6.65. The molecule has 1 amide bonds. The molecule has 0 aliphatic heterocycles. The van der Waals surface area contributed by atoms with Crippen molar-refractivity contribution in [3.63, 3.8) is 0 Å². The molecule has 1 aromatic rings. The van der Waals surface area contributed by atoms with Gasteiger partial charge >= 0.3 is 0 Å². The number of carbonyl (C=O) groups excluding carboxylic acids is 1. The van der Waals surface area contributed by atoms with Crippen molar-refractivity contribution in [2.45, 2.75) is 0 Å². The molecule has 3 nitrogen and oxygen atoms in total. The van der Waals surface area contributed by atoms with Crippen LogP contribution in [0.5, 0.6) is 0 Å². The summed E-state index contributed by atoms with van der Waals surface area (Å²) in [6.45, 7) is 0.104. The lowest BCUT2D eigenvalue weighted by Crippen LogP contribution is -2.29. The number of methoxy groups -OCH3 is 1. The van der Waals surface area contributed by atoms with Crippen LogP contribution in [0.4, 0.5) is 5.69 Å². The Labute approximate surface area is 91.8 Å². The highest BCUT2D eigenvalue weighted by Gasteiger charge is 2.09. The topological polar surface area (TPSA) is 29.5 Å². The number of benzene rings is 1. The van der Waals surface area contributed by atoms with Crippen LogP contribution in [0.15, 0.2) is 28.7 Å². The van der Waals surface area contributed by atoms with Gasteiger partial charge in [-0.25, -0.2) is 0 Å². The molecule has 0 bridgehead atoms. The van der Waals surface area contributed by atoms with E-state index in [9.17, 15) is 4.79 Å². The van der Waals surface area contributed by atoms with Gasteiger partial charge in [0, 0.05) is 24.3 Å². The van der Waals surface area contributed by atoms with E-state index in [4.69, 9.17) is 4.74 Å². The van der Waals surface area contributed by atoms with E-state index in [0.717, 1.165) is 10.2 Å². The molecule has 0 saturated heterocycles. The quantitative estimate of drug-likeness (QED) is 0.830. The van der Waals surface area contributed by atoms with Gasteiger partial charge < -0.3 is 9.64 Å². The third-order valence-corrected chi connectivity index (χ3v) is 2.38. The van der Waals surface area contributed by atoms with E-state index < -0.39 is 0 Å². The maximum atomic E-state index is 11.4. The number of likely N-dealkylation sites (N-methyl/N-ethyl adjacent to an activating group) is 1. The van der Waals surface area contributed by atoms with Crippen LogP contribution in [-0.2, 0) is 9.53 Å². The number of hydrogen-bond donors (Lipinski definition) is 0. The molecule has 76 valence electrons. The van der Waals surface area contributed by atoms with Gasteiger partial charge in [-0.3, -0.25) is 4.79 Å². The van der Waals surface area contributed by atoms with Crippen molar-refractivity contribution < 1.29 is 9.53 Å². The molecule has 0 fully saturated rings. The Morgan fingerprint density at radius 3 is 2.50 bits per heavy atom. The lowest BCUT2D eigenvalue weighted by molar-refractivity contribution is -0.121. The van der Waals surface area contributed by atoms with Crippen molar-refractivity contribution >= 4 is 27.5 Å². The highest BCUT2D eigenvalue weighted by molar-refractivity contribution is 9.10. The van der Waals surface area contributed by atoms with E-state index in [1.54, 1.807) is 11.9 Å². The summed E-state index contributed by atoms with van der Waals surface area (Å²) in [4.78, 5) is 13.0. The minimum Gasteiger partial charge on any atom is -0.375 e. The third-order valence-electron chi connectivity index (χ3n) is 1.86. The second-order valence-electron chi connectivity index (χ2n) is 2.86. The average Bonchev–Trinajstić information content (AvgIpc) is 2.18. The number of nitrogens with zero attached hydrogens (tertiary/aromatic N) is 1. The van der Waals surface area contributed by atoms with Gasteiger partial charge in [-0.05, 0) is 24.3 Å². The molecular formula is C10H12BrNO2. The molecule has 0 heterocycles. The van der Waals surface area contributed by atoms with Crippen LogP contribution < -0.4 is 4.90 Å².